The number of likely N-dealkylation sites (tertiary alicyclic amines) is 1. The summed E-state index contributed by atoms with van der Waals surface area (Å²) < 4.78 is 1.70. The van der Waals surface area contributed by atoms with Gasteiger partial charge in [0, 0.05) is 13.0 Å². The highest BCUT2D eigenvalue weighted by Crippen LogP contribution is 2.36. The van der Waals surface area contributed by atoms with Gasteiger partial charge in [-0.3, -0.25) is 4.79 Å². The Hall–Kier alpha value is -1.68. The van der Waals surface area contributed by atoms with E-state index in [-0.39, 0.29) is 24.6 Å². The summed E-state index contributed by atoms with van der Waals surface area (Å²) in [4.78, 5) is 24.5. The topological polar surface area (TPSA) is 121 Å². The van der Waals surface area contributed by atoms with Crippen LogP contribution in [0.1, 0.15) is 25.3 Å². The van der Waals surface area contributed by atoms with Crippen LogP contribution in [0.5, 0.6) is 0 Å². The molecule has 114 valence electrons. The van der Waals surface area contributed by atoms with Crippen molar-refractivity contribution in [2.24, 2.45) is 0 Å². The summed E-state index contributed by atoms with van der Waals surface area (Å²) in [7, 11) is 0. The van der Waals surface area contributed by atoms with Crippen LogP contribution in [0, 0.1) is 0 Å². The molecule has 21 heavy (non-hydrogen) atoms. The molecule has 3 rings (SSSR count). The smallest absolute Gasteiger partial charge is 0.326 e. The van der Waals surface area contributed by atoms with Crippen molar-refractivity contribution in [2.75, 3.05) is 12.3 Å². The van der Waals surface area contributed by atoms with Crippen molar-refractivity contribution in [3.05, 3.63) is 0 Å². The van der Waals surface area contributed by atoms with Crippen molar-refractivity contribution in [2.45, 2.75) is 42.6 Å². The molecule has 2 fully saturated rings. The molecule has 1 aromatic heterocycles. The number of carboxylic acids is 1. The van der Waals surface area contributed by atoms with E-state index in [1.165, 1.54) is 16.7 Å². The summed E-state index contributed by atoms with van der Waals surface area (Å²) in [6.45, 7) is 0.0594. The number of β-amino-alcohol motifs (C(OH)–C–C–N with tert-alkyl or cyclic N) is 1. The number of rotatable bonds is 5. The first kappa shape index (κ1) is 14.3. The van der Waals surface area contributed by atoms with Crippen LogP contribution in [0.2, 0.25) is 0 Å². The van der Waals surface area contributed by atoms with Crippen molar-refractivity contribution in [3.8, 4) is 0 Å². The molecule has 1 saturated carbocycles. The lowest BCUT2D eigenvalue weighted by atomic mass is 10.2. The molecule has 0 radical (unpaired) electrons. The third kappa shape index (κ3) is 3.00. The minimum absolute atomic E-state index is 0.0591. The van der Waals surface area contributed by atoms with E-state index in [4.69, 9.17) is 5.11 Å². The minimum atomic E-state index is -1.09. The number of aliphatic hydroxyl groups is 1. The predicted molar refractivity (Wildman–Crippen MR) is 70.6 cm³/mol. The summed E-state index contributed by atoms with van der Waals surface area (Å²) in [6.07, 6.45) is 1.36. The average molecular weight is 313 g/mol. The van der Waals surface area contributed by atoms with Gasteiger partial charge in [0.2, 0.25) is 11.1 Å². The maximum absolute atomic E-state index is 12.2. The normalized spacial score (nSPS) is 25.3. The molecule has 0 aromatic carbocycles. The number of carbonyl (C=O) groups is 2. The first-order valence-electron chi connectivity index (χ1n) is 6.67. The number of amides is 1. The van der Waals surface area contributed by atoms with E-state index in [9.17, 15) is 14.7 Å². The van der Waals surface area contributed by atoms with Crippen LogP contribution in [0.25, 0.3) is 0 Å². The Bertz CT molecular complexity index is 561. The molecule has 0 spiro atoms. The quantitative estimate of drug-likeness (QED) is 0.674. The Morgan fingerprint density at radius 2 is 2.14 bits per heavy atom. The van der Waals surface area contributed by atoms with E-state index in [0.717, 1.165) is 12.8 Å². The molecule has 0 bridgehead atoms. The van der Waals surface area contributed by atoms with Crippen molar-refractivity contribution >= 4 is 23.6 Å². The van der Waals surface area contributed by atoms with Crippen molar-refractivity contribution in [3.63, 3.8) is 0 Å². The average Bonchev–Trinajstić information content (AvgIpc) is 3.04. The Balaban J connectivity index is 1.60. The first-order chi connectivity index (χ1) is 10.1. The van der Waals surface area contributed by atoms with E-state index in [1.54, 1.807) is 4.68 Å². The molecule has 2 N–H and O–H groups in total. The van der Waals surface area contributed by atoms with Crippen LogP contribution in [-0.4, -0.2) is 71.6 Å². The van der Waals surface area contributed by atoms with Crippen molar-refractivity contribution < 1.29 is 19.8 Å². The summed E-state index contributed by atoms with van der Waals surface area (Å²) >= 11 is 1.19. The molecule has 2 aliphatic rings. The fourth-order valence-corrected chi connectivity index (χ4v) is 3.19. The number of hydrogen-bond acceptors (Lipinski definition) is 7. The maximum Gasteiger partial charge on any atom is 0.326 e. The standard InChI is InChI=1S/C11H15N5O4S/c17-7-3-8(10(19)20)15(4-7)9(18)5-21-11-12-13-14-16(11)6-1-2-6/h6-8,17H,1-5H2,(H,19,20)/t7-,8-/m1/s1. The molecule has 9 nitrogen and oxygen atoms in total. The van der Waals surface area contributed by atoms with Gasteiger partial charge in [-0.05, 0) is 23.3 Å². The lowest BCUT2D eigenvalue weighted by molar-refractivity contribution is -0.147. The van der Waals surface area contributed by atoms with Gasteiger partial charge >= 0.3 is 5.97 Å². The van der Waals surface area contributed by atoms with Crippen LogP contribution in [-0.2, 0) is 9.59 Å². The SMILES string of the molecule is O=C(O)[C@H]1C[C@@H](O)CN1C(=O)CSc1nnnn1C1CC1. The molecule has 1 aliphatic carbocycles. The Morgan fingerprint density at radius 3 is 2.81 bits per heavy atom. The number of thioether (sulfide) groups is 1. The minimum Gasteiger partial charge on any atom is -0.480 e. The summed E-state index contributed by atoms with van der Waals surface area (Å²) in [5.74, 6) is -1.36. The molecule has 2 heterocycles. The third-order valence-corrected chi connectivity index (χ3v) is 4.48. The van der Waals surface area contributed by atoms with Crippen molar-refractivity contribution in [1.82, 2.24) is 25.1 Å². The second-order valence-corrected chi connectivity index (χ2v) is 6.16. The van der Waals surface area contributed by atoms with Crippen LogP contribution < -0.4 is 0 Å². The first-order valence-corrected chi connectivity index (χ1v) is 7.66. The van der Waals surface area contributed by atoms with Gasteiger partial charge < -0.3 is 15.1 Å². The van der Waals surface area contributed by atoms with Gasteiger partial charge in [-0.15, -0.1) is 5.10 Å². The van der Waals surface area contributed by atoms with Gasteiger partial charge in [-0.25, -0.2) is 9.48 Å². The fraction of sp³-hybridized carbons (Fsp3) is 0.727. The van der Waals surface area contributed by atoms with Gasteiger partial charge in [-0.1, -0.05) is 11.8 Å². The van der Waals surface area contributed by atoms with Gasteiger partial charge in [0.25, 0.3) is 0 Å². The van der Waals surface area contributed by atoms with E-state index < -0.39 is 18.1 Å². The summed E-state index contributed by atoms with van der Waals surface area (Å²) in [6, 6.07) is -0.634. The van der Waals surface area contributed by atoms with Crippen LogP contribution in [0.15, 0.2) is 5.16 Å². The fourth-order valence-electron chi connectivity index (χ4n) is 2.36. The molecule has 1 aliphatic heterocycles. The predicted octanol–water partition coefficient (Wildman–Crippen LogP) is -0.853. The number of aliphatic carboxylic acids is 1. The van der Waals surface area contributed by atoms with Crippen LogP contribution in [0.4, 0.5) is 0 Å². The van der Waals surface area contributed by atoms with Gasteiger partial charge in [0.1, 0.15) is 6.04 Å². The lowest BCUT2D eigenvalue weighted by Gasteiger charge is -2.20. The zero-order valence-electron chi connectivity index (χ0n) is 11.1. The van der Waals surface area contributed by atoms with E-state index in [0.29, 0.717) is 11.2 Å². The summed E-state index contributed by atoms with van der Waals surface area (Å²) in [5.41, 5.74) is 0. The number of aliphatic hydroxyl groups excluding tert-OH is 1. The van der Waals surface area contributed by atoms with Crippen LogP contribution >= 0.6 is 11.8 Å². The molecule has 1 aromatic rings. The molecule has 2 atom stereocenters. The van der Waals surface area contributed by atoms with E-state index in [2.05, 4.69) is 15.5 Å². The maximum atomic E-state index is 12.2. The number of aromatic nitrogens is 4. The third-order valence-electron chi connectivity index (χ3n) is 3.56. The monoisotopic (exact) mass is 313 g/mol. The lowest BCUT2D eigenvalue weighted by Crippen LogP contribution is -2.41. The Labute approximate surface area is 124 Å². The second kappa shape index (κ2) is 5.60. The van der Waals surface area contributed by atoms with Crippen LogP contribution in [0.3, 0.4) is 0 Å². The second-order valence-electron chi connectivity index (χ2n) is 5.22. The summed E-state index contributed by atoms with van der Waals surface area (Å²) in [5, 5.41) is 30.5. The highest BCUT2D eigenvalue weighted by molar-refractivity contribution is 7.99. The molecule has 0 unspecified atom stereocenters. The zero-order valence-corrected chi connectivity index (χ0v) is 11.9. The van der Waals surface area contributed by atoms with E-state index >= 15 is 0 Å². The Morgan fingerprint density at radius 1 is 1.38 bits per heavy atom. The van der Waals surface area contributed by atoms with Gasteiger partial charge in [-0.2, -0.15) is 0 Å². The molecular formula is C11H15N5O4S. The van der Waals surface area contributed by atoms with Gasteiger partial charge in [0.15, 0.2) is 0 Å². The largest absolute Gasteiger partial charge is 0.480 e. The zero-order chi connectivity index (χ0) is 15.0. The molecule has 1 amide bonds. The highest BCUT2D eigenvalue weighted by Gasteiger charge is 2.39. The number of carboxylic acid groups (broad SMARTS) is 1. The molecular weight excluding hydrogens is 298 g/mol. The highest BCUT2D eigenvalue weighted by atomic mass is 32.2. The molecule has 10 heteroatoms. The number of hydrogen-bond donors (Lipinski definition) is 2. The number of tetrazole rings is 1. The van der Waals surface area contributed by atoms with Crippen molar-refractivity contribution in [1.29, 1.82) is 0 Å². The van der Waals surface area contributed by atoms with Gasteiger partial charge in [0.05, 0.1) is 17.9 Å². The molecule has 1 saturated heterocycles. The Kier molecular flexibility index (Phi) is 3.81. The number of carbonyl (C=O) groups excluding carboxylic acids is 1. The van der Waals surface area contributed by atoms with E-state index in [1.807, 2.05) is 0 Å². The number of nitrogens with zero attached hydrogens (tertiary/aromatic N) is 5.